The molecule has 4 N–H and O–H groups in total. The summed E-state index contributed by atoms with van der Waals surface area (Å²) in [6.45, 7) is 0.507. The topological polar surface area (TPSA) is 133 Å². The molecule has 9 heteroatoms. The van der Waals surface area contributed by atoms with Gasteiger partial charge in [0.1, 0.15) is 12.4 Å². The maximum atomic E-state index is 12.1. The van der Waals surface area contributed by atoms with Crippen molar-refractivity contribution in [1.82, 2.24) is 10.3 Å². The molecule has 0 spiro atoms. The van der Waals surface area contributed by atoms with Gasteiger partial charge in [-0.3, -0.25) is 9.59 Å². The average molecular weight is 448 g/mol. The van der Waals surface area contributed by atoms with Crippen LogP contribution in [0.3, 0.4) is 0 Å². The number of pyridine rings is 1. The van der Waals surface area contributed by atoms with Crippen molar-refractivity contribution >= 4 is 23.6 Å². The molecule has 0 aliphatic heterocycles. The smallest absolute Gasteiger partial charge is 0.407 e. The van der Waals surface area contributed by atoms with Crippen molar-refractivity contribution in [2.75, 3.05) is 11.9 Å². The van der Waals surface area contributed by atoms with Crippen molar-refractivity contribution < 1.29 is 23.9 Å². The first-order valence-electron chi connectivity index (χ1n) is 10.3. The molecule has 0 bridgehead atoms. The van der Waals surface area contributed by atoms with E-state index in [0.29, 0.717) is 35.8 Å². The molecule has 1 aromatic heterocycles. The number of hydrogen-bond donors (Lipinski definition) is 3. The van der Waals surface area contributed by atoms with E-state index in [0.717, 1.165) is 5.56 Å². The highest BCUT2D eigenvalue weighted by atomic mass is 16.5. The summed E-state index contributed by atoms with van der Waals surface area (Å²) in [5.74, 6) is -0.0389. The van der Waals surface area contributed by atoms with Gasteiger partial charge in [0.25, 0.3) is 0 Å². The Morgan fingerprint density at radius 3 is 2.52 bits per heavy atom. The van der Waals surface area contributed by atoms with E-state index in [4.69, 9.17) is 15.2 Å². The molecule has 33 heavy (non-hydrogen) atoms. The molecule has 3 amide bonds. The lowest BCUT2D eigenvalue weighted by Gasteiger charge is -2.09. The predicted molar refractivity (Wildman–Crippen MR) is 122 cm³/mol. The third-order valence-corrected chi connectivity index (χ3v) is 4.42. The number of nitrogens with one attached hydrogen (secondary N) is 2. The molecule has 3 rings (SSSR count). The highest BCUT2D eigenvalue weighted by Crippen LogP contribution is 2.21. The van der Waals surface area contributed by atoms with Crippen molar-refractivity contribution in [3.05, 3.63) is 84.1 Å². The Morgan fingerprint density at radius 1 is 0.970 bits per heavy atom. The van der Waals surface area contributed by atoms with Crippen LogP contribution >= 0.6 is 0 Å². The Labute approximate surface area is 190 Å². The SMILES string of the molecule is NC(=O)c1cccc(Oc2ccc(NC(=O)CCCNC(=O)OCc3ccccc3)cn2)c1. The summed E-state index contributed by atoms with van der Waals surface area (Å²) in [4.78, 5) is 39.2. The third-order valence-electron chi connectivity index (χ3n) is 4.42. The number of benzene rings is 2. The summed E-state index contributed by atoms with van der Waals surface area (Å²) < 4.78 is 10.7. The van der Waals surface area contributed by atoms with E-state index in [1.165, 1.54) is 12.3 Å². The molecule has 0 aliphatic carbocycles. The highest BCUT2D eigenvalue weighted by molar-refractivity contribution is 5.93. The number of carbonyl (C=O) groups is 3. The van der Waals surface area contributed by atoms with E-state index >= 15 is 0 Å². The van der Waals surface area contributed by atoms with Gasteiger partial charge in [-0.15, -0.1) is 0 Å². The largest absolute Gasteiger partial charge is 0.445 e. The van der Waals surface area contributed by atoms with Gasteiger partial charge in [-0.05, 0) is 36.2 Å². The summed E-state index contributed by atoms with van der Waals surface area (Å²) in [7, 11) is 0. The molecule has 1 heterocycles. The Bertz CT molecular complexity index is 1090. The number of ether oxygens (including phenoxy) is 2. The number of rotatable bonds is 10. The number of primary amides is 1. The zero-order valence-electron chi connectivity index (χ0n) is 17.8. The quantitative estimate of drug-likeness (QED) is 0.406. The number of aromatic nitrogens is 1. The first-order chi connectivity index (χ1) is 16.0. The lowest BCUT2D eigenvalue weighted by atomic mass is 10.2. The Kier molecular flexibility index (Phi) is 8.35. The minimum atomic E-state index is -0.550. The number of nitrogens with zero attached hydrogens (tertiary/aromatic N) is 1. The fraction of sp³-hybridized carbons (Fsp3) is 0.167. The Balaban J connectivity index is 1.35. The van der Waals surface area contributed by atoms with Gasteiger partial charge < -0.3 is 25.8 Å². The molecule has 0 atom stereocenters. The van der Waals surface area contributed by atoms with Crippen molar-refractivity contribution in [2.45, 2.75) is 19.4 Å². The first kappa shape index (κ1) is 23.3. The highest BCUT2D eigenvalue weighted by Gasteiger charge is 2.07. The van der Waals surface area contributed by atoms with Crippen molar-refractivity contribution in [3.63, 3.8) is 0 Å². The fourth-order valence-electron chi connectivity index (χ4n) is 2.79. The van der Waals surface area contributed by atoms with Gasteiger partial charge in [-0.1, -0.05) is 36.4 Å². The number of alkyl carbamates (subject to hydrolysis) is 1. The van der Waals surface area contributed by atoms with E-state index in [-0.39, 0.29) is 18.9 Å². The second kappa shape index (κ2) is 11.8. The van der Waals surface area contributed by atoms with Crippen LogP contribution < -0.4 is 21.1 Å². The zero-order valence-corrected chi connectivity index (χ0v) is 17.8. The van der Waals surface area contributed by atoms with Crippen LogP contribution in [-0.4, -0.2) is 29.4 Å². The molecule has 0 fully saturated rings. The van der Waals surface area contributed by atoms with Gasteiger partial charge in [0.05, 0.1) is 11.9 Å². The minimum Gasteiger partial charge on any atom is -0.445 e. The normalized spacial score (nSPS) is 10.2. The molecule has 3 aromatic rings. The molecule has 0 unspecified atom stereocenters. The molecular formula is C24H24N4O5. The first-order valence-corrected chi connectivity index (χ1v) is 10.3. The standard InChI is InChI=1S/C24H24N4O5/c25-23(30)18-8-4-9-20(14-18)33-22-12-11-19(15-27-22)28-21(29)10-5-13-26-24(31)32-16-17-6-2-1-3-7-17/h1-4,6-9,11-12,14-15H,5,10,13,16H2,(H2,25,30)(H,26,31)(H,28,29). The van der Waals surface area contributed by atoms with E-state index in [2.05, 4.69) is 15.6 Å². The summed E-state index contributed by atoms with van der Waals surface area (Å²) in [5, 5.41) is 5.34. The van der Waals surface area contributed by atoms with Gasteiger partial charge in [0.2, 0.25) is 17.7 Å². The van der Waals surface area contributed by atoms with Gasteiger partial charge >= 0.3 is 6.09 Å². The number of carbonyl (C=O) groups excluding carboxylic acids is 3. The van der Waals surface area contributed by atoms with Crippen molar-refractivity contribution in [1.29, 1.82) is 0 Å². The molecule has 0 radical (unpaired) electrons. The predicted octanol–water partition coefficient (Wildman–Crippen LogP) is 3.62. The second-order valence-electron chi connectivity index (χ2n) is 7.02. The van der Waals surface area contributed by atoms with E-state index in [1.54, 1.807) is 30.3 Å². The van der Waals surface area contributed by atoms with Crippen LogP contribution in [0.1, 0.15) is 28.8 Å². The van der Waals surface area contributed by atoms with Crippen LogP contribution in [0, 0.1) is 0 Å². The zero-order chi connectivity index (χ0) is 23.5. The summed E-state index contributed by atoms with van der Waals surface area (Å²) in [6.07, 6.45) is 1.61. The van der Waals surface area contributed by atoms with E-state index < -0.39 is 12.0 Å². The summed E-state index contributed by atoms with van der Waals surface area (Å²) in [5.41, 5.74) is 6.99. The van der Waals surface area contributed by atoms with E-state index in [1.807, 2.05) is 30.3 Å². The van der Waals surface area contributed by atoms with Crippen LogP contribution in [0.15, 0.2) is 72.9 Å². The molecule has 0 saturated carbocycles. The number of nitrogens with two attached hydrogens (primary N) is 1. The average Bonchev–Trinajstić information content (AvgIpc) is 2.82. The van der Waals surface area contributed by atoms with Crippen LogP contribution in [0.4, 0.5) is 10.5 Å². The lowest BCUT2D eigenvalue weighted by Crippen LogP contribution is -2.26. The Hall–Kier alpha value is -4.40. The summed E-state index contributed by atoms with van der Waals surface area (Å²) >= 11 is 0. The molecular weight excluding hydrogens is 424 g/mol. The maximum absolute atomic E-state index is 12.1. The molecule has 170 valence electrons. The Morgan fingerprint density at radius 2 is 1.79 bits per heavy atom. The number of anilines is 1. The van der Waals surface area contributed by atoms with Crippen molar-refractivity contribution in [3.8, 4) is 11.6 Å². The lowest BCUT2D eigenvalue weighted by molar-refractivity contribution is -0.116. The molecule has 2 aromatic carbocycles. The molecule has 9 nitrogen and oxygen atoms in total. The van der Waals surface area contributed by atoms with Gasteiger partial charge in [-0.25, -0.2) is 9.78 Å². The van der Waals surface area contributed by atoms with Crippen molar-refractivity contribution in [2.24, 2.45) is 5.73 Å². The van der Waals surface area contributed by atoms with Gasteiger partial charge in [0.15, 0.2) is 0 Å². The monoisotopic (exact) mass is 448 g/mol. The van der Waals surface area contributed by atoms with Gasteiger partial charge in [-0.2, -0.15) is 0 Å². The van der Waals surface area contributed by atoms with Crippen LogP contribution in [-0.2, 0) is 16.1 Å². The summed E-state index contributed by atoms with van der Waals surface area (Å²) in [6, 6.07) is 19.0. The minimum absolute atomic E-state index is 0.191. The van der Waals surface area contributed by atoms with Crippen LogP contribution in [0.5, 0.6) is 11.6 Å². The number of amides is 3. The van der Waals surface area contributed by atoms with Gasteiger partial charge in [0, 0.05) is 24.6 Å². The molecule has 0 aliphatic rings. The van der Waals surface area contributed by atoms with E-state index in [9.17, 15) is 14.4 Å². The molecule has 0 saturated heterocycles. The number of hydrogen-bond acceptors (Lipinski definition) is 6. The van der Waals surface area contributed by atoms with Crippen LogP contribution in [0.2, 0.25) is 0 Å². The second-order valence-corrected chi connectivity index (χ2v) is 7.02. The third kappa shape index (κ3) is 7.98. The van der Waals surface area contributed by atoms with Crippen LogP contribution in [0.25, 0.3) is 0 Å². The fourth-order valence-corrected chi connectivity index (χ4v) is 2.79. The maximum Gasteiger partial charge on any atom is 0.407 e.